The van der Waals surface area contributed by atoms with E-state index >= 15 is 0 Å². The molecule has 2 spiro atoms. The van der Waals surface area contributed by atoms with Crippen molar-refractivity contribution in [2.75, 3.05) is 6.61 Å². The Balaban J connectivity index is 1.86. The molecule has 0 aromatic carbocycles. The molecule has 176 valence electrons. The van der Waals surface area contributed by atoms with Gasteiger partial charge in [-0.15, -0.1) is 0 Å². The van der Waals surface area contributed by atoms with E-state index in [1.165, 1.54) is 13.8 Å². The normalized spacial score (nSPS) is 50.5. The maximum Gasteiger partial charge on any atom is 0.211 e. The van der Waals surface area contributed by atoms with Crippen LogP contribution in [0.15, 0.2) is 24.0 Å². The van der Waals surface area contributed by atoms with Gasteiger partial charge in [0.1, 0.15) is 6.10 Å². The molecule has 8 atom stereocenters. The number of hydrogen-bond acceptors (Lipinski definition) is 7. The number of allylic oxidation sites excluding steroid dienone is 2. The lowest BCUT2D eigenvalue weighted by Crippen LogP contribution is -2.85. The highest BCUT2D eigenvalue weighted by Crippen LogP contribution is 2.78. The second kappa shape index (κ2) is 6.12. The van der Waals surface area contributed by atoms with E-state index in [1.807, 2.05) is 20.8 Å². The third kappa shape index (κ3) is 2.13. The fraction of sp³-hybridized carbons (Fsp3) is 0.760. The smallest absolute Gasteiger partial charge is 0.211 e. The van der Waals surface area contributed by atoms with Gasteiger partial charge in [0.15, 0.2) is 17.4 Å². The third-order valence-electron chi connectivity index (χ3n) is 9.50. The fourth-order valence-electron chi connectivity index (χ4n) is 8.82. The Morgan fingerprint density at radius 2 is 1.88 bits per heavy atom. The van der Waals surface area contributed by atoms with E-state index in [4.69, 9.17) is 9.47 Å². The second-order valence-electron chi connectivity index (χ2n) is 11.9. The molecular formula is C25H34O7. The van der Waals surface area contributed by atoms with E-state index in [1.54, 1.807) is 0 Å². The third-order valence-corrected chi connectivity index (χ3v) is 9.50. The lowest BCUT2D eigenvalue weighted by atomic mass is 9.34. The van der Waals surface area contributed by atoms with Crippen LogP contribution in [-0.4, -0.2) is 51.2 Å². The number of hydrogen-bond donors (Lipinski definition) is 3. The van der Waals surface area contributed by atoms with Gasteiger partial charge in [-0.2, -0.15) is 0 Å². The van der Waals surface area contributed by atoms with Crippen molar-refractivity contribution in [1.29, 1.82) is 0 Å². The van der Waals surface area contributed by atoms with Crippen molar-refractivity contribution in [2.45, 2.75) is 71.6 Å². The van der Waals surface area contributed by atoms with Crippen molar-refractivity contribution in [1.82, 2.24) is 0 Å². The average Bonchev–Trinajstić information content (AvgIpc) is 2.79. The predicted octanol–water partition coefficient (Wildman–Crippen LogP) is 2.66. The molecule has 3 N–H and O–H groups in total. The van der Waals surface area contributed by atoms with Gasteiger partial charge < -0.3 is 24.8 Å². The van der Waals surface area contributed by atoms with Crippen LogP contribution in [0.1, 0.15) is 53.9 Å². The molecule has 2 saturated heterocycles. The monoisotopic (exact) mass is 446 g/mol. The summed E-state index contributed by atoms with van der Waals surface area (Å²) < 4.78 is 12.5. The summed E-state index contributed by atoms with van der Waals surface area (Å²) in [7, 11) is 0. The molecule has 4 bridgehead atoms. The summed E-state index contributed by atoms with van der Waals surface area (Å²) in [5.41, 5.74) is -2.31. The lowest BCUT2D eigenvalue weighted by molar-refractivity contribution is -0.476. The number of carbonyl (C=O) groups excluding carboxylic acids is 2. The van der Waals surface area contributed by atoms with Gasteiger partial charge in [-0.25, -0.2) is 0 Å². The van der Waals surface area contributed by atoms with Crippen LogP contribution in [0.2, 0.25) is 0 Å². The zero-order chi connectivity index (χ0) is 23.6. The molecule has 0 aromatic heterocycles. The van der Waals surface area contributed by atoms with Gasteiger partial charge in [0.2, 0.25) is 5.79 Å². The van der Waals surface area contributed by atoms with E-state index in [0.717, 1.165) is 6.26 Å². The molecular weight excluding hydrogens is 412 g/mol. The number of aliphatic hydroxyl groups excluding tert-OH is 2. The summed E-state index contributed by atoms with van der Waals surface area (Å²) in [6.45, 7) is 12.9. The zero-order valence-corrected chi connectivity index (χ0v) is 19.5. The predicted molar refractivity (Wildman–Crippen MR) is 114 cm³/mol. The average molecular weight is 447 g/mol. The number of rotatable bonds is 2. The number of ether oxygens (including phenoxy) is 2. The maximum absolute atomic E-state index is 14.0. The molecule has 4 aliphatic carbocycles. The molecule has 2 heterocycles. The van der Waals surface area contributed by atoms with Gasteiger partial charge in [0.05, 0.1) is 23.7 Å². The Morgan fingerprint density at radius 1 is 1.22 bits per heavy atom. The van der Waals surface area contributed by atoms with Crippen LogP contribution in [0.5, 0.6) is 0 Å². The van der Waals surface area contributed by atoms with Crippen LogP contribution in [0.4, 0.5) is 0 Å². The van der Waals surface area contributed by atoms with Gasteiger partial charge in [-0.05, 0) is 61.9 Å². The van der Waals surface area contributed by atoms with E-state index in [0.29, 0.717) is 30.4 Å². The highest BCUT2D eigenvalue weighted by molar-refractivity contribution is 6.07. The Labute approximate surface area is 188 Å². The minimum atomic E-state index is -1.80. The van der Waals surface area contributed by atoms with Crippen LogP contribution in [0, 0.1) is 39.9 Å². The van der Waals surface area contributed by atoms with Gasteiger partial charge in [-0.1, -0.05) is 27.4 Å². The second-order valence-corrected chi connectivity index (χ2v) is 11.9. The van der Waals surface area contributed by atoms with Crippen molar-refractivity contribution >= 4 is 11.6 Å². The van der Waals surface area contributed by atoms with Gasteiger partial charge >= 0.3 is 0 Å². The Bertz CT molecular complexity index is 958. The van der Waals surface area contributed by atoms with Crippen molar-refractivity contribution in [2.24, 2.45) is 39.9 Å². The van der Waals surface area contributed by atoms with Gasteiger partial charge in [-0.3, -0.25) is 9.59 Å². The topological polar surface area (TPSA) is 113 Å². The number of fused-ring (bicyclic) bond motifs is 2. The van der Waals surface area contributed by atoms with Crippen LogP contribution in [-0.2, 0) is 19.1 Å². The van der Waals surface area contributed by atoms with Crippen molar-refractivity contribution in [3.05, 3.63) is 24.0 Å². The molecule has 7 heteroatoms. The number of carbonyl (C=O) groups is 2. The fourth-order valence-corrected chi connectivity index (χ4v) is 8.82. The minimum Gasteiger partial charge on any atom is -0.515 e. The number of ketones is 2. The molecule has 2 aliphatic heterocycles. The van der Waals surface area contributed by atoms with E-state index in [9.17, 15) is 24.9 Å². The van der Waals surface area contributed by atoms with Crippen LogP contribution < -0.4 is 0 Å². The van der Waals surface area contributed by atoms with Crippen molar-refractivity contribution in [3.63, 3.8) is 0 Å². The molecule has 32 heavy (non-hydrogen) atoms. The molecule has 0 amide bonds. The Hall–Kier alpha value is -1.54. The summed E-state index contributed by atoms with van der Waals surface area (Å²) in [5, 5.41) is 32.7. The SMILES string of the molecule is C=C1C(=O)[C@]23C(C)[C@H]1CC[C@H]2[C@@]12CO[C@@]3(OC(C)(C)O)[C@@H](O)[C@@H]1C(C)(C)C/C(=C\O)C2=O. The van der Waals surface area contributed by atoms with Crippen molar-refractivity contribution < 1.29 is 34.4 Å². The minimum absolute atomic E-state index is 0.0338. The number of aliphatic hydroxyl groups is 3. The van der Waals surface area contributed by atoms with Gasteiger partial charge in [0.25, 0.3) is 0 Å². The molecule has 0 aromatic rings. The van der Waals surface area contributed by atoms with Crippen LogP contribution in [0.25, 0.3) is 0 Å². The quantitative estimate of drug-likeness (QED) is 0.339. The summed E-state index contributed by atoms with van der Waals surface area (Å²) >= 11 is 0. The van der Waals surface area contributed by atoms with E-state index in [2.05, 4.69) is 6.58 Å². The molecule has 6 rings (SSSR count). The van der Waals surface area contributed by atoms with Crippen molar-refractivity contribution in [3.8, 4) is 0 Å². The first-order valence-electron chi connectivity index (χ1n) is 11.6. The van der Waals surface area contributed by atoms with Crippen LogP contribution in [0.3, 0.4) is 0 Å². The zero-order valence-electron chi connectivity index (χ0n) is 19.5. The summed E-state index contributed by atoms with van der Waals surface area (Å²) in [4.78, 5) is 28.0. The Morgan fingerprint density at radius 3 is 2.47 bits per heavy atom. The lowest BCUT2D eigenvalue weighted by Gasteiger charge is -2.74. The summed E-state index contributed by atoms with van der Waals surface area (Å²) in [5.74, 6) is -5.36. The Kier molecular flexibility index (Phi) is 4.26. The van der Waals surface area contributed by atoms with Crippen LogP contribution >= 0.6 is 0 Å². The maximum atomic E-state index is 14.0. The molecule has 1 unspecified atom stereocenters. The standard InChI is InChI=1S/C25H34O7/c1-12-15-7-8-16-23-11-31-25(32-22(5,6)30,24(16,13(15)2)18(12)27)20(29)17(23)21(3,4)9-14(10-26)19(23)28/h10,13,15-17,20,26,29-30H,1,7-9,11H2,2-6H3/b14-10+/t13?,15-,16-,17+,20-,23-,24-,25+/m0/s1. The first kappa shape index (κ1) is 22.3. The summed E-state index contributed by atoms with van der Waals surface area (Å²) in [6.07, 6.45) is 1.15. The molecule has 4 saturated carbocycles. The molecule has 7 nitrogen and oxygen atoms in total. The molecule has 0 radical (unpaired) electrons. The highest BCUT2D eigenvalue weighted by Gasteiger charge is 2.87. The summed E-state index contributed by atoms with van der Waals surface area (Å²) in [6, 6.07) is 0. The molecule has 6 fully saturated rings. The first-order chi connectivity index (χ1) is 14.7. The number of Topliss-reactive ketones (excluding diaryl/α,β-unsaturated/α-hetero) is 2. The van der Waals surface area contributed by atoms with Gasteiger partial charge in [0, 0.05) is 11.5 Å². The van der Waals surface area contributed by atoms with E-state index in [-0.39, 0.29) is 30.0 Å². The molecule has 6 aliphatic rings. The highest BCUT2D eigenvalue weighted by atomic mass is 16.8. The largest absolute Gasteiger partial charge is 0.515 e. The first-order valence-corrected chi connectivity index (χ1v) is 11.6. The van der Waals surface area contributed by atoms with E-state index < -0.39 is 45.8 Å².